The van der Waals surface area contributed by atoms with Crippen LogP contribution in [0.15, 0.2) is 18.2 Å². The summed E-state index contributed by atoms with van der Waals surface area (Å²) in [7, 11) is 1.81. The number of nitrogens with one attached hydrogen (secondary N) is 1. The van der Waals surface area contributed by atoms with Gasteiger partial charge in [0.15, 0.2) is 0 Å². The Balaban J connectivity index is 2.01. The highest BCUT2D eigenvalue weighted by atomic mass is 19.4. The normalized spacial score (nSPS) is 21.0. The van der Waals surface area contributed by atoms with Gasteiger partial charge >= 0.3 is 6.18 Å². The predicted octanol–water partition coefficient (Wildman–Crippen LogP) is 3.26. The van der Waals surface area contributed by atoms with E-state index in [0.29, 0.717) is 12.2 Å². The molecule has 1 aromatic rings. The number of fused-ring (bicyclic) bond motifs is 1. The second kappa shape index (κ2) is 4.14. The Kier molecular flexibility index (Phi) is 2.74. The van der Waals surface area contributed by atoms with Crippen LogP contribution in [-0.4, -0.2) is 19.5 Å². The number of benzene rings is 1. The van der Waals surface area contributed by atoms with Gasteiger partial charge in [-0.1, -0.05) is 6.42 Å². The van der Waals surface area contributed by atoms with Crippen LogP contribution in [0.3, 0.4) is 0 Å². The van der Waals surface area contributed by atoms with Crippen molar-refractivity contribution in [1.82, 2.24) is 0 Å². The Morgan fingerprint density at radius 3 is 2.55 bits per heavy atom. The van der Waals surface area contributed by atoms with Crippen LogP contribution >= 0.6 is 0 Å². The van der Waals surface area contributed by atoms with E-state index in [2.05, 4.69) is 5.32 Å². The van der Waals surface area contributed by atoms with Crippen molar-refractivity contribution >= 4 is 17.3 Å². The molecule has 0 aromatic heterocycles. The van der Waals surface area contributed by atoms with Gasteiger partial charge in [-0.25, -0.2) is 0 Å². The van der Waals surface area contributed by atoms with Gasteiger partial charge in [-0.2, -0.15) is 13.2 Å². The smallest absolute Gasteiger partial charge is 0.372 e. The van der Waals surface area contributed by atoms with Crippen molar-refractivity contribution < 1.29 is 18.0 Å². The number of hydrogen-bond donors (Lipinski definition) is 1. The van der Waals surface area contributed by atoms with Crippen LogP contribution in [0.25, 0.3) is 0 Å². The minimum atomic E-state index is -4.40. The van der Waals surface area contributed by atoms with Crippen LogP contribution in [0.5, 0.6) is 0 Å². The molecule has 3 nitrogen and oxygen atoms in total. The molecule has 1 aliphatic heterocycles. The van der Waals surface area contributed by atoms with Crippen LogP contribution in [-0.2, 0) is 11.0 Å². The van der Waals surface area contributed by atoms with Gasteiger partial charge in [-0.3, -0.25) is 4.79 Å². The van der Waals surface area contributed by atoms with E-state index in [1.165, 1.54) is 6.07 Å². The molecule has 0 atom stereocenters. The minimum absolute atomic E-state index is 0.159. The predicted molar refractivity (Wildman–Crippen MR) is 69.6 cm³/mol. The van der Waals surface area contributed by atoms with Crippen LogP contribution in [0.1, 0.15) is 24.8 Å². The summed E-state index contributed by atoms with van der Waals surface area (Å²) in [6.45, 7) is 0.553. The van der Waals surface area contributed by atoms with Crippen molar-refractivity contribution in [3.63, 3.8) is 0 Å². The average molecular weight is 284 g/mol. The Bertz CT molecular complexity index is 564. The second-order valence-corrected chi connectivity index (χ2v) is 5.67. The first-order chi connectivity index (χ1) is 9.32. The van der Waals surface area contributed by atoms with E-state index in [0.717, 1.165) is 31.4 Å². The number of nitrogens with zero attached hydrogens (tertiary/aromatic N) is 1. The number of alkyl halides is 3. The van der Waals surface area contributed by atoms with E-state index in [4.69, 9.17) is 0 Å². The Morgan fingerprint density at radius 1 is 1.30 bits per heavy atom. The molecular weight excluding hydrogens is 269 g/mol. The fourth-order valence-electron chi connectivity index (χ4n) is 3.00. The molecule has 108 valence electrons. The van der Waals surface area contributed by atoms with Crippen molar-refractivity contribution in [2.45, 2.75) is 25.4 Å². The lowest BCUT2D eigenvalue weighted by molar-refractivity contribution is -0.137. The lowest BCUT2D eigenvalue weighted by Gasteiger charge is -2.40. The fraction of sp³-hybridized carbons (Fsp3) is 0.500. The quantitative estimate of drug-likeness (QED) is 0.793. The Morgan fingerprint density at radius 2 is 2.00 bits per heavy atom. The maximum Gasteiger partial charge on any atom is 0.416 e. The Labute approximate surface area is 114 Å². The molecule has 0 unspecified atom stereocenters. The van der Waals surface area contributed by atoms with Crippen molar-refractivity contribution in [2.75, 3.05) is 23.8 Å². The molecule has 2 aliphatic rings. The molecule has 1 spiro atoms. The summed E-state index contributed by atoms with van der Waals surface area (Å²) in [5.41, 5.74) is -0.299. The first-order valence-corrected chi connectivity index (χ1v) is 6.56. The number of halogens is 3. The molecule has 0 bridgehead atoms. The molecule has 1 N–H and O–H groups in total. The van der Waals surface area contributed by atoms with E-state index in [1.807, 2.05) is 11.9 Å². The summed E-state index contributed by atoms with van der Waals surface area (Å²) in [4.78, 5) is 14.1. The monoisotopic (exact) mass is 284 g/mol. The van der Waals surface area contributed by atoms with Gasteiger partial charge in [0, 0.05) is 13.6 Å². The lowest BCUT2D eigenvalue weighted by Crippen LogP contribution is -2.47. The summed E-state index contributed by atoms with van der Waals surface area (Å²) in [5, 5.41) is 2.68. The third-order valence-corrected chi connectivity index (χ3v) is 4.32. The number of rotatable bonds is 0. The molecule has 1 aliphatic carbocycles. The van der Waals surface area contributed by atoms with Gasteiger partial charge in [-0.15, -0.1) is 0 Å². The highest BCUT2D eigenvalue weighted by Gasteiger charge is 2.47. The zero-order valence-electron chi connectivity index (χ0n) is 11.0. The molecule has 1 saturated carbocycles. The third kappa shape index (κ3) is 1.94. The zero-order chi connectivity index (χ0) is 14.5. The van der Waals surface area contributed by atoms with Gasteiger partial charge in [0.05, 0.1) is 22.4 Å². The summed E-state index contributed by atoms with van der Waals surface area (Å²) in [6, 6.07) is 3.50. The summed E-state index contributed by atoms with van der Waals surface area (Å²) in [5.74, 6) is -0.159. The number of hydrogen-bond acceptors (Lipinski definition) is 2. The van der Waals surface area contributed by atoms with Crippen molar-refractivity contribution in [3.8, 4) is 0 Å². The van der Waals surface area contributed by atoms with E-state index in [9.17, 15) is 18.0 Å². The number of carbonyl (C=O) groups is 1. The van der Waals surface area contributed by atoms with Crippen molar-refractivity contribution in [1.29, 1.82) is 0 Å². The fourth-order valence-corrected chi connectivity index (χ4v) is 3.00. The molecule has 1 aromatic carbocycles. The zero-order valence-corrected chi connectivity index (χ0v) is 11.0. The molecular formula is C14H15F3N2O. The number of carbonyl (C=O) groups excluding carboxylic acids is 1. The van der Waals surface area contributed by atoms with E-state index in [-0.39, 0.29) is 11.6 Å². The van der Waals surface area contributed by atoms with Gasteiger partial charge in [0.1, 0.15) is 0 Å². The Hall–Kier alpha value is -1.72. The second-order valence-electron chi connectivity index (χ2n) is 5.67. The SMILES string of the molecule is CN1CC2(CCC2)C(=O)Nc2cc(C(F)(F)F)ccc21. The van der Waals surface area contributed by atoms with Crippen LogP contribution < -0.4 is 10.2 Å². The van der Waals surface area contributed by atoms with E-state index >= 15 is 0 Å². The van der Waals surface area contributed by atoms with Gasteiger partial charge in [-0.05, 0) is 31.0 Å². The molecule has 1 amide bonds. The van der Waals surface area contributed by atoms with E-state index in [1.54, 1.807) is 0 Å². The van der Waals surface area contributed by atoms with Crippen LogP contribution in [0.4, 0.5) is 24.5 Å². The molecule has 6 heteroatoms. The van der Waals surface area contributed by atoms with E-state index < -0.39 is 17.2 Å². The largest absolute Gasteiger partial charge is 0.416 e. The van der Waals surface area contributed by atoms with Gasteiger partial charge in [0.2, 0.25) is 5.91 Å². The standard InChI is InChI=1S/C14H15F3N2O/c1-19-8-13(5-2-6-13)12(20)18-10-7-9(14(15,16)17)3-4-11(10)19/h3-4,7H,2,5-6,8H2,1H3,(H,18,20). The van der Waals surface area contributed by atoms with Gasteiger partial charge < -0.3 is 10.2 Å². The molecule has 0 saturated heterocycles. The molecule has 1 fully saturated rings. The molecule has 3 rings (SSSR count). The maximum atomic E-state index is 12.8. The van der Waals surface area contributed by atoms with Crippen molar-refractivity contribution in [3.05, 3.63) is 23.8 Å². The molecule has 0 radical (unpaired) electrons. The highest BCUT2D eigenvalue weighted by Crippen LogP contribution is 2.46. The molecule has 20 heavy (non-hydrogen) atoms. The first-order valence-electron chi connectivity index (χ1n) is 6.56. The maximum absolute atomic E-state index is 12.8. The van der Waals surface area contributed by atoms with Crippen molar-refractivity contribution in [2.24, 2.45) is 5.41 Å². The van der Waals surface area contributed by atoms with Crippen LogP contribution in [0.2, 0.25) is 0 Å². The number of anilines is 2. The number of amides is 1. The summed E-state index contributed by atoms with van der Waals surface area (Å²) < 4.78 is 38.3. The third-order valence-electron chi connectivity index (χ3n) is 4.32. The average Bonchev–Trinajstić information content (AvgIpc) is 2.42. The summed E-state index contributed by atoms with van der Waals surface area (Å²) in [6.07, 6.45) is -1.82. The minimum Gasteiger partial charge on any atom is -0.372 e. The highest BCUT2D eigenvalue weighted by molar-refractivity contribution is 6.00. The lowest BCUT2D eigenvalue weighted by atomic mass is 9.68. The molecule has 1 heterocycles. The summed E-state index contributed by atoms with van der Waals surface area (Å²) >= 11 is 0. The van der Waals surface area contributed by atoms with Gasteiger partial charge in [0.25, 0.3) is 0 Å². The first kappa shape index (κ1) is 13.3. The topological polar surface area (TPSA) is 32.3 Å². The van der Waals surface area contributed by atoms with Crippen LogP contribution in [0, 0.1) is 5.41 Å².